The summed E-state index contributed by atoms with van der Waals surface area (Å²) in [6, 6.07) is 16.4. The van der Waals surface area contributed by atoms with Gasteiger partial charge in [-0.2, -0.15) is 0 Å². The van der Waals surface area contributed by atoms with Crippen molar-refractivity contribution in [3.8, 4) is 0 Å². The van der Waals surface area contributed by atoms with Crippen LogP contribution in [0, 0.1) is 5.82 Å². The van der Waals surface area contributed by atoms with Gasteiger partial charge in [-0.15, -0.1) is 11.8 Å². The van der Waals surface area contributed by atoms with Crippen LogP contribution in [-0.2, 0) is 4.79 Å². The smallest absolute Gasteiger partial charge is 0.337 e. The first kappa shape index (κ1) is 23.3. The summed E-state index contributed by atoms with van der Waals surface area (Å²) in [5.74, 6) is -2.32. The first-order valence-corrected chi connectivity index (χ1v) is 10.7. The SMILES string of the molecule is CC(Sc1cccc(NC(=O)c2ccc(F)cc2)c1)C(=O)Nc1ccc(Cl)c(C(=O)O)c1. The summed E-state index contributed by atoms with van der Waals surface area (Å²) in [5, 5.41) is 14.1. The molecular formula is C23H18ClFN2O4S. The summed E-state index contributed by atoms with van der Waals surface area (Å²) >= 11 is 7.12. The van der Waals surface area contributed by atoms with E-state index >= 15 is 0 Å². The molecule has 0 fully saturated rings. The number of rotatable bonds is 7. The predicted octanol–water partition coefficient (Wildman–Crippen LogP) is 5.55. The van der Waals surface area contributed by atoms with Crippen LogP contribution in [0.5, 0.6) is 0 Å². The largest absolute Gasteiger partial charge is 0.478 e. The van der Waals surface area contributed by atoms with Crippen LogP contribution in [0.1, 0.15) is 27.6 Å². The van der Waals surface area contributed by atoms with Gasteiger partial charge in [-0.25, -0.2) is 9.18 Å². The number of carboxylic acid groups (broad SMARTS) is 1. The lowest BCUT2D eigenvalue weighted by Gasteiger charge is -2.14. The van der Waals surface area contributed by atoms with Crippen LogP contribution in [-0.4, -0.2) is 28.1 Å². The lowest BCUT2D eigenvalue weighted by Crippen LogP contribution is -2.22. The molecular weight excluding hydrogens is 455 g/mol. The fourth-order valence-electron chi connectivity index (χ4n) is 2.72. The molecule has 0 saturated heterocycles. The molecule has 0 spiro atoms. The fraction of sp³-hybridized carbons (Fsp3) is 0.0870. The van der Waals surface area contributed by atoms with Crippen molar-refractivity contribution < 1.29 is 23.9 Å². The zero-order valence-corrected chi connectivity index (χ0v) is 18.3. The Kier molecular flexibility index (Phi) is 7.50. The van der Waals surface area contributed by atoms with Crippen LogP contribution in [0.15, 0.2) is 71.6 Å². The van der Waals surface area contributed by atoms with Gasteiger partial charge in [0.05, 0.1) is 15.8 Å². The molecule has 0 bridgehead atoms. The van der Waals surface area contributed by atoms with Gasteiger partial charge in [-0.1, -0.05) is 17.7 Å². The summed E-state index contributed by atoms with van der Waals surface area (Å²) in [6.45, 7) is 1.71. The van der Waals surface area contributed by atoms with E-state index in [-0.39, 0.29) is 22.4 Å². The van der Waals surface area contributed by atoms with E-state index in [0.717, 1.165) is 4.90 Å². The average molecular weight is 473 g/mol. The molecule has 0 aliphatic carbocycles. The highest BCUT2D eigenvalue weighted by atomic mass is 35.5. The quantitative estimate of drug-likeness (QED) is 0.392. The number of carboxylic acids is 1. The van der Waals surface area contributed by atoms with Gasteiger partial charge in [0.2, 0.25) is 5.91 Å². The van der Waals surface area contributed by atoms with E-state index in [2.05, 4.69) is 10.6 Å². The Morgan fingerprint density at radius 2 is 1.66 bits per heavy atom. The predicted molar refractivity (Wildman–Crippen MR) is 123 cm³/mol. The summed E-state index contributed by atoms with van der Waals surface area (Å²) in [5.41, 5.74) is 1.07. The maximum absolute atomic E-state index is 13.0. The van der Waals surface area contributed by atoms with Crippen molar-refractivity contribution in [2.75, 3.05) is 10.6 Å². The van der Waals surface area contributed by atoms with Gasteiger partial charge < -0.3 is 15.7 Å². The lowest BCUT2D eigenvalue weighted by atomic mass is 10.2. The van der Waals surface area contributed by atoms with Crippen LogP contribution < -0.4 is 10.6 Å². The van der Waals surface area contributed by atoms with E-state index in [1.54, 1.807) is 31.2 Å². The van der Waals surface area contributed by atoms with Crippen LogP contribution in [0.3, 0.4) is 0 Å². The van der Waals surface area contributed by atoms with Crippen molar-refractivity contribution in [1.29, 1.82) is 0 Å². The molecule has 0 aliphatic heterocycles. The van der Waals surface area contributed by atoms with Crippen molar-refractivity contribution in [2.45, 2.75) is 17.1 Å². The molecule has 0 aliphatic rings. The minimum absolute atomic E-state index is 0.0809. The van der Waals surface area contributed by atoms with E-state index in [0.29, 0.717) is 16.9 Å². The second kappa shape index (κ2) is 10.3. The Balaban J connectivity index is 1.63. The summed E-state index contributed by atoms with van der Waals surface area (Å²) in [6.07, 6.45) is 0. The van der Waals surface area contributed by atoms with E-state index in [9.17, 15) is 18.8 Å². The number of anilines is 2. The number of amides is 2. The van der Waals surface area contributed by atoms with Gasteiger partial charge in [0.15, 0.2) is 0 Å². The number of hydrogen-bond acceptors (Lipinski definition) is 4. The summed E-state index contributed by atoms with van der Waals surface area (Å²) < 4.78 is 13.0. The molecule has 1 unspecified atom stereocenters. The first-order valence-electron chi connectivity index (χ1n) is 9.40. The van der Waals surface area contributed by atoms with E-state index in [1.165, 1.54) is 54.2 Å². The number of nitrogens with one attached hydrogen (secondary N) is 2. The summed E-state index contributed by atoms with van der Waals surface area (Å²) in [4.78, 5) is 36.8. The number of hydrogen-bond donors (Lipinski definition) is 3. The van der Waals surface area contributed by atoms with Gasteiger partial charge in [-0.3, -0.25) is 9.59 Å². The van der Waals surface area contributed by atoms with Crippen molar-refractivity contribution in [3.63, 3.8) is 0 Å². The van der Waals surface area contributed by atoms with Crippen LogP contribution in [0.2, 0.25) is 5.02 Å². The van der Waals surface area contributed by atoms with Crippen LogP contribution >= 0.6 is 23.4 Å². The molecule has 3 aromatic carbocycles. The van der Waals surface area contributed by atoms with E-state index < -0.39 is 17.0 Å². The molecule has 0 saturated carbocycles. The second-order valence-corrected chi connectivity index (χ2v) is 8.56. The van der Waals surface area contributed by atoms with Gasteiger partial charge in [0.25, 0.3) is 5.91 Å². The number of benzene rings is 3. The number of thioether (sulfide) groups is 1. The number of aromatic carboxylic acids is 1. The van der Waals surface area contributed by atoms with E-state index in [1.807, 2.05) is 0 Å². The maximum Gasteiger partial charge on any atom is 0.337 e. The zero-order chi connectivity index (χ0) is 23.3. The average Bonchev–Trinajstić information content (AvgIpc) is 2.75. The topological polar surface area (TPSA) is 95.5 Å². The summed E-state index contributed by atoms with van der Waals surface area (Å²) in [7, 11) is 0. The molecule has 32 heavy (non-hydrogen) atoms. The normalized spacial score (nSPS) is 11.5. The molecule has 9 heteroatoms. The van der Waals surface area contributed by atoms with Gasteiger partial charge in [0, 0.05) is 21.8 Å². The molecule has 164 valence electrons. The van der Waals surface area contributed by atoms with Gasteiger partial charge >= 0.3 is 5.97 Å². The molecule has 6 nitrogen and oxygen atoms in total. The fourth-order valence-corrected chi connectivity index (χ4v) is 3.84. The molecule has 3 N–H and O–H groups in total. The maximum atomic E-state index is 13.0. The Hall–Kier alpha value is -3.36. The Morgan fingerprint density at radius 1 is 0.969 bits per heavy atom. The van der Waals surface area contributed by atoms with E-state index in [4.69, 9.17) is 16.7 Å². The minimum atomic E-state index is -1.19. The number of carbonyl (C=O) groups excluding carboxylic acids is 2. The van der Waals surface area contributed by atoms with Gasteiger partial charge in [-0.05, 0) is 67.6 Å². The standard InChI is InChI=1S/C23H18ClFN2O4S/c1-13(21(28)26-17-9-10-20(24)19(12-17)23(30)31)32-18-4-2-3-16(11-18)27-22(29)14-5-7-15(25)8-6-14/h2-13H,1H3,(H,26,28)(H,27,29)(H,30,31). The highest BCUT2D eigenvalue weighted by Crippen LogP contribution is 2.27. The van der Waals surface area contributed by atoms with Crippen LogP contribution in [0.25, 0.3) is 0 Å². The Bertz CT molecular complexity index is 1170. The molecule has 0 aromatic heterocycles. The van der Waals surface area contributed by atoms with Gasteiger partial charge in [0.1, 0.15) is 5.82 Å². The second-order valence-electron chi connectivity index (χ2n) is 6.74. The van der Waals surface area contributed by atoms with Crippen LogP contribution in [0.4, 0.5) is 15.8 Å². The zero-order valence-electron chi connectivity index (χ0n) is 16.8. The lowest BCUT2D eigenvalue weighted by molar-refractivity contribution is -0.115. The molecule has 3 aromatic rings. The third-order valence-corrected chi connectivity index (χ3v) is 5.77. The molecule has 1 atom stereocenters. The number of carbonyl (C=O) groups is 3. The highest BCUT2D eigenvalue weighted by molar-refractivity contribution is 8.00. The monoisotopic (exact) mass is 472 g/mol. The third-order valence-electron chi connectivity index (χ3n) is 4.34. The number of halogens is 2. The van der Waals surface area contributed by atoms with Crippen molar-refractivity contribution in [2.24, 2.45) is 0 Å². The molecule has 3 rings (SSSR count). The van der Waals surface area contributed by atoms with Crippen molar-refractivity contribution in [3.05, 3.63) is 88.7 Å². The van der Waals surface area contributed by atoms with Crippen molar-refractivity contribution in [1.82, 2.24) is 0 Å². The first-order chi connectivity index (χ1) is 15.2. The third kappa shape index (κ3) is 6.09. The Morgan fingerprint density at radius 3 is 2.34 bits per heavy atom. The molecule has 2 amide bonds. The molecule has 0 heterocycles. The minimum Gasteiger partial charge on any atom is -0.478 e. The van der Waals surface area contributed by atoms with Crippen molar-refractivity contribution >= 4 is 52.5 Å². The molecule has 0 radical (unpaired) electrons. The highest BCUT2D eigenvalue weighted by Gasteiger charge is 2.17. The Labute approximate surface area is 192 Å².